The molecule has 0 fully saturated rings. The summed E-state index contributed by atoms with van der Waals surface area (Å²) >= 11 is 1.16. The number of thioether (sulfide) groups is 1. The second-order valence-electron chi connectivity index (χ2n) is 7.56. The van der Waals surface area contributed by atoms with Gasteiger partial charge in [0.15, 0.2) is 10.9 Å². The zero-order chi connectivity index (χ0) is 22.7. The van der Waals surface area contributed by atoms with Gasteiger partial charge in [-0.3, -0.25) is 14.2 Å². The summed E-state index contributed by atoms with van der Waals surface area (Å²) in [4.78, 5) is 42.4. The molecule has 1 atom stereocenters. The molecule has 0 saturated heterocycles. The van der Waals surface area contributed by atoms with Gasteiger partial charge in [-0.2, -0.15) is 0 Å². The summed E-state index contributed by atoms with van der Waals surface area (Å²) in [5.41, 5.74) is 0.790. The number of nitrogens with zero attached hydrogens (tertiary/aromatic N) is 2. The Hall–Kier alpha value is -3.00. The minimum Gasteiger partial charge on any atom is -0.465 e. The van der Waals surface area contributed by atoms with Gasteiger partial charge in [-0.15, -0.1) is 0 Å². The minimum atomic E-state index is -0.558. The molecule has 0 radical (unpaired) electrons. The number of ketones is 1. The van der Waals surface area contributed by atoms with Crippen LogP contribution < -0.4 is 5.56 Å². The van der Waals surface area contributed by atoms with Crippen LogP contribution in [0.5, 0.6) is 0 Å². The van der Waals surface area contributed by atoms with Gasteiger partial charge in [-0.05, 0) is 55.3 Å². The van der Waals surface area contributed by atoms with E-state index in [4.69, 9.17) is 4.74 Å². The van der Waals surface area contributed by atoms with Gasteiger partial charge in [-0.1, -0.05) is 25.6 Å². The van der Waals surface area contributed by atoms with E-state index in [2.05, 4.69) is 4.98 Å². The molecule has 0 N–H and O–H groups in total. The van der Waals surface area contributed by atoms with Crippen molar-refractivity contribution < 1.29 is 18.7 Å². The molecule has 31 heavy (non-hydrogen) atoms. The van der Waals surface area contributed by atoms with Crippen LogP contribution >= 0.6 is 11.8 Å². The number of ether oxygens (including phenoxy) is 1. The van der Waals surface area contributed by atoms with Gasteiger partial charge in [0.1, 0.15) is 5.82 Å². The van der Waals surface area contributed by atoms with E-state index in [1.807, 2.05) is 13.8 Å². The fraction of sp³-hybridized carbons (Fsp3) is 0.304. The van der Waals surface area contributed by atoms with Crippen molar-refractivity contribution in [2.75, 3.05) is 7.11 Å². The van der Waals surface area contributed by atoms with Crippen LogP contribution in [0.15, 0.2) is 52.4 Å². The summed E-state index contributed by atoms with van der Waals surface area (Å²) in [5, 5.41) is 0.211. The van der Waals surface area contributed by atoms with Crippen LogP contribution in [0.2, 0.25) is 0 Å². The van der Waals surface area contributed by atoms with Crippen molar-refractivity contribution in [3.05, 3.63) is 69.8 Å². The van der Waals surface area contributed by atoms with Crippen molar-refractivity contribution in [3.8, 4) is 0 Å². The van der Waals surface area contributed by atoms with E-state index in [9.17, 15) is 18.8 Å². The molecule has 1 aromatic heterocycles. The summed E-state index contributed by atoms with van der Waals surface area (Å²) in [6.07, 6.45) is 0. The summed E-state index contributed by atoms with van der Waals surface area (Å²) in [7, 11) is 1.28. The lowest BCUT2D eigenvalue weighted by atomic mass is 10.1. The Morgan fingerprint density at radius 1 is 1.10 bits per heavy atom. The molecule has 0 saturated carbocycles. The first kappa shape index (κ1) is 22.7. The third-order valence-electron chi connectivity index (χ3n) is 4.67. The van der Waals surface area contributed by atoms with Gasteiger partial charge in [0, 0.05) is 12.1 Å². The van der Waals surface area contributed by atoms with E-state index < -0.39 is 17.0 Å². The van der Waals surface area contributed by atoms with E-state index >= 15 is 0 Å². The number of benzene rings is 2. The zero-order valence-corrected chi connectivity index (χ0v) is 18.5. The number of methoxy groups -OCH3 is 1. The Balaban J connectivity index is 2.05. The number of hydrogen-bond donors (Lipinski definition) is 0. The number of esters is 1. The zero-order valence-electron chi connectivity index (χ0n) is 17.7. The highest BCUT2D eigenvalue weighted by atomic mass is 32.2. The molecule has 1 heterocycles. The van der Waals surface area contributed by atoms with Crippen molar-refractivity contribution in [1.82, 2.24) is 9.55 Å². The largest absolute Gasteiger partial charge is 0.465 e. The average molecular weight is 443 g/mol. The average Bonchev–Trinajstić information content (AvgIpc) is 2.75. The second-order valence-corrected chi connectivity index (χ2v) is 8.87. The summed E-state index contributed by atoms with van der Waals surface area (Å²) in [6.45, 7) is 6.12. The molecule has 3 aromatic rings. The number of carbonyl (C=O) groups excluding carboxylic acids is 2. The maximum atomic E-state index is 13.2. The fourth-order valence-electron chi connectivity index (χ4n) is 3.12. The molecule has 0 bridgehead atoms. The lowest BCUT2D eigenvalue weighted by Gasteiger charge is -2.17. The van der Waals surface area contributed by atoms with Crippen molar-refractivity contribution in [2.24, 2.45) is 5.92 Å². The number of halogens is 1. The predicted octanol–water partition coefficient (Wildman–Crippen LogP) is 4.34. The van der Waals surface area contributed by atoms with Gasteiger partial charge < -0.3 is 4.74 Å². The molecule has 162 valence electrons. The quantitative estimate of drug-likeness (QED) is 0.234. The van der Waals surface area contributed by atoms with Gasteiger partial charge in [0.05, 0.1) is 28.8 Å². The van der Waals surface area contributed by atoms with Crippen molar-refractivity contribution in [1.29, 1.82) is 0 Å². The lowest BCUT2D eigenvalue weighted by molar-refractivity contribution is 0.0600. The van der Waals surface area contributed by atoms with E-state index in [0.717, 1.165) is 11.8 Å². The highest BCUT2D eigenvalue weighted by Crippen LogP contribution is 2.26. The molecule has 0 aliphatic carbocycles. The third-order valence-corrected chi connectivity index (χ3v) is 5.76. The minimum absolute atomic E-state index is 0.175. The van der Waals surface area contributed by atoms with Crippen LogP contribution in [0, 0.1) is 11.7 Å². The van der Waals surface area contributed by atoms with Gasteiger partial charge >= 0.3 is 5.97 Å². The first-order valence-corrected chi connectivity index (χ1v) is 10.7. The summed E-state index contributed by atoms with van der Waals surface area (Å²) in [6, 6.07) is 9.96. The number of Topliss-reactive ketones (excluding diaryl/α,β-unsaturated/α-hetero) is 1. The highest BCUT2D eigenvalue weighted by Gasteiger charge is 2.21. The topological polar surface area (TPSA) is 78.3 Å². The molecule has 0 aliphatic rings. The summed E-state index contributed by atoms with van der Waals surface area (Å²) in [5.74, 6) is -0.961. The molecule has 8 heteroatoms. The lowest BCUT2D eigenvalue weighted by Crippen LogP contribution is -2.27. The number of carbonyl (C=O) groups is 2. The molecular formula is C23H23FN2O4S. The normalized spacial score (nSPS) is 12.2. The van der Waals surface area contributed by atoms with Crippen molar-refractivity contribution in [3.63, 3.8) is 0 Å². The standard InChI is InChI=1S/C23H23FN2O4S/c1-13(2)12-26-21(28)18-10-7-16(22(29)30-4)11-19(18)25-23(26)31-14(3)20(27)15-5-8-17(24)9-6-15/h5-11,13-14H,12H2,1-4H3. The van der Waals surface area contributed by atoms with Gasteiger partial charge in [0.2, 0.25) is 0 Å². The molecule has 3 rings (SSSR count). The first-order chi connectivity index (χ1) is 14.7. The van der Waals surface area contributed by atoms with E-state index in [0.29, 0.717) is 28.2 Å². The monoisotopic (exact) mass is 442 g/mol. The molecule has 6 nitrogen and oxygen atoms in total. The smallest absolute Gasteiger partial charge is 0.337 e. The Morgan fingerprint density at radius 2 is 1.74 bits per heavy atom. The molecule has 0 spiro atoms. The Morgan fingerprint density at radius 3 is 2.35 bits per heavy atom. The van der Waals surface area contributed by atoms with E-state index in [1.165, 1.54) is 43.5 Å². The molecule has 1 unspecified atom stereocenters. The summed E-state index contributed by atoms with van der Waals surface area (Å²) < 4.78 is 19.5. The molecule has 2 aromatic carbocycles. The van der Waals surface area contributed by atoms with Gasteiger partial charge in [0.25, 0.3) is 5.56 Å². The predicted molar refractivity (Wildman–Crippen MR) is 118 cm³/mol. The van der Waals surface area contributed by atoms with Crippen LogP contribution in [0.3, 0.4) is 0 Å². The maximum Gasteiger partial charge on any atom is 0.337 e. The number of fused-ring (bicyclic) bond motifs is 1. The van der Waals surface area contributed by atoms with Crippen LogP contribution in [-0.4, -0.2) is 33.7 Å². The van der Waals surface area contributed by atoms with Crippen molar-refractivity contribution >= 4 is 34.4 Å². The molecular weight excluding hydrogens is 419 g/mol. The number of aromatic nitrogens is 2. The fourth-order valence-corrected chi connectivity index (χ4v) is 4.12. The number of hydrogen-bond acceptors (Lipinski definition) is 6. The third kappa shape index (κ3) is 5.02. The first-order valence-electron chi connectivity index (χ1n) is 9.80. The Labute approximate surface area is 183 Å². The maximum absolute atomic E-state index is 13.2. The molecule has 0 aliphatic heterocycles. The Bertz CT molecular complexity index is 1190. The van der Waals surface area contributed by atoms with Crippen LogP contribution in [-0.2, 0) is 11.3 Å². The Kier molecular flexibility index (Phi) is 6.90. The molecule has 0 amide bonds. The highest BCUT2D eigenvalue weighted by molar-refractivity contribution is 8.00. The van der Waals surface area contributed by atoms with Crippen LogP contribution in [0.25, 0.3) is 10.9 Å². The van der Waals surface area contributed by atoms with Crippen LogP contribution in [0.4, 0.5) is 4.39 Å². The number of rotatable bonds is 7. The van der Waals surface area contributed by atoms with Crippen LogP contribution in [0.1, 0.15) is 41.5 Å². The second kappa shape index (κ2) is 9.43. The van der Waals surface area contributed by atoms with Crippen molar-refractivity contribution in [2.45, 2.75) is 37.7 Å². The van der Waals surface area contributed by atoms with E-state index in [-0.39, 0.29) is 22.8 Å². The van der Waals surface area contributed by atoms with E-state index in [1.54, 1.807) is 17.6 Å². The SMILES string of the molecule is COC(=O)c1ccc2c(=O)n(CC(C)C)c(SC(C)C(=O)c3ccc(F)cc3)nc2c1. The van der Waals surface area contributed by atoms with Gasteiger partial charge in [-0.25, -0.2) is 14.2 Å².